The minimum atomic E-state index is -4.08. The van der Waals surface area contributed by atoms with Crippen LogP contribution in [0.15, 0.2) is 69.5 Å². The molecule has 0 radical (unpaired) electrons. The third-order valence-corrected chi connectivity index (χ3v) is 7.02. The Morgan fingerprint density at radius 2 is 1.83 bits per heavy atom. The predicted octanol–water partition coefficient (Wildman–Crippen LogP) is 5.02. The second-order valence-electron chi connectivity index (χ2n) is 7.75. The van der Waals surface area contributed by atoms with Gasteiger partial charge in [-0.3, -0.25) is 4.79 Å². The lowest BCUT2D eigenvalue weighted by Crippen LogP contribution is -2.21. The Morgan fingerprint density at radius 1 is 1.13 bits per heavy atom. The van der Waals surface area contributed by atoms with Crippen molar-refractivity contribution in [3.63, 3.8) is 0 Å². The zero-order chi connectivity index (χ0) is 22.2. The largest absolute Gasteiger partial charge is 0.286 e. The molecule has 3 rings (SSSR count). The lowest BCUT2D eigenvalue weighted by Gasteiger charge is -2.20. The fourth-order valence-corrected chi connectivity index (χ4v) is 4.99. The summed E-state index contributed by atoms with van der Waals surface area (Å²) in [5, 5.41) is 0. The van der Waals surface area contributed by atoms with Crippen molar-refractivity contribution in [2.45, 2.75) is 39.0 Å². The SMILES string of the molecule is C=C(C(=O)C1=C[C@H](C)CC(c2c(C)cccc2F)=N1)S(=O)(=O)c1cc(C)ccc1C. The van der Waals surface area contributed by atoms with Crippen LogP contribution in [-0.2, 0) is 14.6 Å². The number of halogens is 1. The average molecular weight is 426 g/mol. The van der Waals surface area contributed by atoms with E-state index in [-0.39, 0.29) is 16.5 Å². The number of rotatable bonds is 5. The highest BCUT2D eigenvalue weighted by Gasteiger charge is 2.31. The second kappa shape index (κ2) is 8.11. The smallest absolute Gasteiger partial charge is 0.222 e. The molecule has 0 aliphatic carbocycles. The third kappa shape index (κ3) is 4.05. The zero-order valence-electron chi connectivity index (χ0n) is 17.5. The molecule has 0 bridgehead atoms. The summed E-state index contributed by atoms with van der Waals surface area (Å²) in [5.41, 5.74) is 2.76. The van der Waals surface area contributed by atoms with Crippen molar-refractivity contribution in [1.29, 1.82) is 0 Å². The monoisotopic (exact) mass is 425 g/mol. The number of benzene rings is 2. The summed E-state index contributed by atoms with van der Waals surface area (Å²) in [5.74, 6) is -1.29. The van der Waals surface area contributed by atoms with Gasteiger partial charge in [0.05, 0.1) is 10.6 Å². The Hall–Kier alpha value is -2.86. The molecule has 0 amide bonds. The molecule has 1 atom stereocenters. The summed E-state index contributed by atoms with van der Waals surface area (Å²) in [6, 6.07) is 9.76. The van der Waals surface area contributed by atoms with Crippen LogP contribution >= 0.6 is 0 Å². The van der Waals surface area contributed by atoms with Crippen molar-refractivity contribution < 1.29 is 17.6 Å². The van der Waals surface area contributed by atoms with Crippen LogP contribution in [0.4, 0.5) is 4.39 Å². The summed E-state index contributed by atoms with van der Waals surface area (Å²) < 4.78 is 40.6. The standard InChI is InChI=1S/C24H24FNO3S/c1-14-9-10-16(3)22(13-14)30(28,29)18(5)24(27)21-12-15(2)11-20(26-21)23-17(4)7-6-8-19(23)25/h6-10,12-13,15H,5,11H2,1-4H3/t15-/m1/s1. The van der Waals surface area contributed by atoms with Gasteiger partial charge in [0.15, 0.2) is 0 Å². The number of aryl methyl sites for hydroxylation is 3. The highest BCUT2D eigenvalue weighted by Crippen LogP contribution is 2.29. The topological polar surface area (TPSA) is 63.6 Å². The van der Waals surface area contributed by atoms with Crippen LogP contribution in [0.25, 0.3) is 0 Å². The molecule has 30 heavy (non-hydrogen) atoms. The molecule has 1 heterocycles. The lowest BCUT2D eigenvalue weighted by molar-refractivity contribution is -0.111. The first-order chi connectivity index (χ1) is 14.0. The Balaban J connectivity index is 2.02. The first-order valence-electron chi connectivity index (χ1n) is 9.63. The van der Waals surface area contributed by atoms with E-state index in [1.807, 2.05) is 6.92 Å². The zero-order valence-corrected chi connectivity index (χ0v) is 18.3. The van der Waals surface area contributed by atoms with E-state index in [9.17, 15) is 17.6 Å². The summed E-state index contributed by atoms with van der Waals surface area (Å²) in [6.07, 6.45) is 2.07. The molecule has 2 aromatic rings. The number of carbonyl (C=O) groups excluding carboxylic acids is 1. The number of aliphatic imine (C=N–C) groups is 1. The van der Waals surface area contributed by atoms with Gasteiger partial charge in [0.25, 0.3) is 0 Å². The first-order valence-corrected chi connectivity index (χ1v) is 11.1. The number of Topliss-reactive ketones (excluding diaryl/α,β-unsaturated/α-hetero) is 1. The van der Waals surface area contributed by atoms with E-state index < -0.39 is 26.3 Å². The molecule has 0 saturated carbocycles. The maximum atomic E-state index is 14.4. The van der Waals surface area contributed by atoms with Crippen molar-refractivity contribution in [3.05, 3.63) is 87.7 Å². The second-order valence-corrected chi connectivity index (χ2v) is 9.69. The quantitative estimate of drug-likeness (QED) is 0.632. The van der Waals surface area contributed by atoms with E-state index in [0.29, 0.717) is 28.8 Å². The van der Waals surface area contributed by atoms with Crippen molar-refractivity contribution in [1.82, 2.24) is 0 Å². The van der Waals surface area contributed by atoms with E-state index in [4.69, 9.17) is 0 Å². The summed E-state index contributed by atoms with van der Waals surface area (Å²) in [4.78, 5) is 16.9. The molecule has 156 valence electrons. The summed E-state index contributed by atoms with van der Waals surface area (Å²) in [6.45, 7) is 10.7. The van der Waals surface area contributed by atoms with Crippen LogP contribution in [0.3, 0.4) is 0 Å². The van der Waals surface area contributed by atoms with Gasteiger partial charge in [-0.05, 0) is 61.9 Å². The summed E-state index contributed by atoms with van der Waals surface area (Å²) in [7, 11) is -4.08. The third-order valence-electron chi connectivity index (χ3n) is 5.17. The van der Waals surface area contributed by atoms with E-state index >= 15 is 0 Å². The van der Waals surface area contributed by atoms with Gasteiger partial charge >= 0.3 is 0 Å². The van der Waals surface area contributed by atoms with Gasteiger partial charge in [-0.25, -0.2) is 17.8 Å². The van der Waals surface area contributed by atoms with Crippen molar-refractivity contribution in [2.24, 2.45) is 10.9 Å². The minimum absolute atomic E-state index is 0.0229. The Morgan fingerprint density at radius 3 is 2.50 bits per heavy atom. The van der Waals surface area contributed by atoms with Crippen LogP contribution in [0, 0.1) is 32.5 Å². The molecule has 0 fully saturated rings. The molecular formula is C24H24FNO3S. The van der Waals surface area contributed by atoms with Crippen LogP contribution < -0.4 is 0 Å². The maximum Gasteiger partial charge on any atom is 0.222 e. The Kier molecular flexibility index (Phi) is 5.90. The van der Waals surface area contributed by atoms with Crippen LogP contribution in [0.5, 0.6) is 0 Å². The molecule has 0 aromatic heterocycles. The number of hydrogen-bond donors (Lipinski definition) is 0. The highest BCUT2D eigenvalue weighted by atomic mass is 32.2. The number of ketones is 1. The van der Waals surface area contributed by atoms with Gasteiger partial charge in [0.1, 0.15) is 16.4 Å². The van der Waals surface area contributed by atoms with Gasteiger partial charge in [0.2, 0.25) is 15.6 Å². The van der Waals surface area contributed by atoms with Gasteiger partial charge in [-0.15, -0.1) is 0 Å². The number of carbonyl (C=O) groups is 1. The first kappa shape index (κ1) is 21.8. The van der Waals surface area contributed by atoms with E-state index in [1.165, 1.54) is 12.1 Å². The normalized spacial score (nSPS) is 16.6. The van der Waals surface area contributed by atoms with Crippen LogP contribution in [0.2, 0.25) is 0 Å². The molecule has 1 aliphatic heterocycles. The van der Waals surface area contributed by atoms with Crippen molar-refractivity contribution in [2.75, 3.05) is 0 Å². The van der Waals surface area contributed by atoms with Crippen molar-refractivity contribution in [3.8, 4) is 0 Å². The molecule has 4 nitrogen and oxygen atoms in total. The van der Waals surface area contributed by atoms with E-state index in [1.54, 1.807) is 51.1 Å². The number of hydrogen-bond acceptors (Lipinski definition) is 4. The number of allylic oxidation sites excluding steroid dienone is 2. The molecule has 0 unspecified atom stereocenters. The fourth-order valence-electron chi connectivity index (χ4n) is 3.54. The molecule has 1 aliphatic rings. The Labute approximate surface area is 176 Å². The maximum absolute atomic E-state index is 14.4. The Bertz CT molecular complexity index is 1200. The van der Waals surface area contributed by atoms with Gasteiger partial charge in [-0.1, -0.05) is 43.8 Å². The molecule has 2 aromatic carbocycles. The highest BCUT2D eigenvalue weighted by molar-refractivity contribution is 7.96. The molecule has 0 N–H and O–H groups in total. The van der Waals surface area contributed by atoms with Crippen molar-refractivity contribution >= 4 is 21.3 Å². The molecular weight excluding hydrogens is 401 g/mol. The van der Waals surface area contributed by atoms with E-state index in [0.717, 1.165) is 5.56 Å². The number of nitrogens with zero attached hydrogens (tertiary/aromatic N) is 1. The van der Waals surface area contributed by atoms with Crippen LogP contribution in [-0.4, -0.2) is 19.9 Å². The average Bonchev–Trinajstić information content (AvgIpc) is 2.68. The predicted molar refractivity (Wildman–Crippen MR) is 117 cm³/mol. The summed E-state index contributed by atoms with van der Waals surface area (Å²) >= 11 is 0. The minimum Gasteiger partial charge on any atom is -0.286 e. The van der Waals surface area contributed by atoms with Gasteiger partial charge in [-0.2, -0.15) is 0 Å². The van der Waals surface area contributed by atoms with Crippen LogP contribution in [0.1, 0.15) is 35.6 Å². The van der Waals surface area contributed by atoms with E-state index in [2.05, 4.69) is 11.6 Å². The molecule has 0 saturated heterocycles. The molecule has 0 spiro atoms. The fraction of sp³-hybridized carbons (Fsp3) is 0.250. The van der Waals surface area contributed by atoms with Gasteiger partial charge < -0.3 is 0 Å². The number of sulfone groups is 1. The molecule has 6 heteroatoms. The van der Waals surface area contributed by atoms with Gasteiger partial charge in [0, 0.05) is 5.56 Å². The lowest BCUT2D eigenvalue weighted by atomic mass is 9.92.